The molecule has 0 radical (unpaired) electrons. The molecule has 2 saturated heterocycles. The highest BCUT2D eigenvalue weighted by Gasteiger charge is 2.52. The van der Waals surface area contributed by atoms with E-state index in [-0.39, 0.29) is 17.6 Å². The van der Waals surface area contributed by atoms with Gasteiger partial charge in [-0.2, -0.15) is 0 Å². The number of nitrogens with one attached hydrogen (secondary N) is 1. The second kappa shape index (κ2) is 8.60. The number of fused-ring (bicyclic) bond motifs is 2. The highest BCUT2D eigenvalue weighted by molar-refractivity contribution is 5.45. The molecule has 2 atom stereocenters. The van der Waals surface area contributed by atoms with Gasteiger partial charge in [0.1, 0.15) is 0 Å². The number of rotatable bonds is 5. The number of benzene rings is 1. The summed E-state index contributed by atoms with van der Waals surface area (Å²) in [5.74, 6) is 0. The van der Waals surface area contributed by atoms with Crippen LogP contribution in [0.15, 0.2) is 24.3 Å². The van der Waals surface area contributed by atoms with Gasteiger partial charge in [0.15, 0.2) is 0 Å². The second-order valence-electron chi connectivity index (χ2n) is 8.97. The predicted octanol–water partition coefficient (Wildman–Crippen LogP) is 2.92. The van der Waals surface area contributed by atoms with E-state index in [0.717, 1.165) is 32.5 Å². The number of hydrogen-bond acceptors (Lipinski definition) is 4. The molecule has 4 rings (SSSR count). The Morgan fingerprint density at radius 1 is 1.11 bits per heavy atom. The zero-order valence-electron chi connectivity index (χ0n) is 17.0. The van der Waals surface area contributed by atoms with Crippen LogP contribution >= 0.6 is 0 Å². The van der Waals surface area contributed by atoms with Gasteiger partial charge in [0, 0.05) is 5.41 Å². The summed E-state index contributed by atoms with van der Waals surface area (Å²) in [5.41, 5.74) is 2.72. The van der Waals surface area contributed by atoms with E-state index in [1.807, 2.05) is 0 Å². The van der Waals surface area contributed by atoms with E-state index in [1.54, 1.807) is 0 Å². The number of nitrogens with zero attached hydrogens (tertiary/aromatic N) is 2. The van der Waals surface area contributed by atoms with Gasteiger partial charge in [0.2, 0.25) is 0 Å². The summed E-state index contributed by atoms with van der Waals surface area (Å²) in [7, 11) is 2.22. The van der Waals surface area contributed by atoms with Crippen LogP contribution in [-0.2, 0) is 5.41 Å². The van der Waals surface area contributed by atoms with Crippen LogP contribution in [0.4, 0.5) is 0 Å². The summed E-state index contributed by atoms with van der Waals surface area (Å²) in [6.07, 6.45) is 8.52. The quantitative estimate of drug-likeness (QED) is 0.835. The summed E-state index contributed by atoms with van der Waals surface area (Å²) < 4.78 is 0. The zero-order valence-corrected chi connectivity index (χ0v) is 17.0. The van der Waals surface area contributed by atoms with Crippen molar-refractivity contribution in [2.75, 3.05) is 46.3 Å². The van der Waals surface area contributed by atoms with E-state index in [1.165, 1.54) is 62.9 Å². The monoisotopic (exact) mass is 371 g/mol. The Labute approximate surface area is 164 Å². The number of hydrogen-bond donors (Lipinski definition) is 2. The predicted molar refractivity (Wildman–Crippen MR) is 111 cm³/mol. The van der Waals surface area contributed by atoms with Crippen LogP contribution < -0.4 is 5.32 Å². The van der Waals surface area contributed by atoms with Gasteiger partial charge in [-0.3, -0.25) is 4.90 Å². The first-order chi connectivity index (χ1) is 13.2. The number of likely N-dealkylation sites (tertiary alicyclic amines) is 1. The van der Waals surface area contributed by atoms with Crippen LogP contribution in [-0.4, -0.2) is 67.3 Å². The maximum absolute atomic E-state index is 11.5. The Bertz CT molecular complexity index is 605. The molecule has 2 heterocycles. The first kappa shape index (κ1) is 19.4. The van der Waals surface area contributed by atoms with Crippen molar-refractivity contribution in [2.45, 2.75) is 62.5 Å². The van der Waals surface area contributed by atoms with Gasteiger partial charge < -0.3 is 15.3 Å². The summed E-state index contributed by atoms with van der Waals surface area (Å²) in [4.78, 5) is 5.08. The Hall–Kier alpha value is -0.940. The molecule has 0 amide bonds. The summed E-state index contributed by atoms with van der Waals surface area (Å²) in [6.45, 7) is 6.82. The lowest BCUT2D eigenvalue weighted by Gasteiger charge is -2.40. The van der Waals surface area contributed by atoms with Gasteiger partial charge in [-0.05, 0) is 89.5 Å². The molecule has 0 saturated carbocycles. The Morgan fingerprint density at radius 3 is 2.56 bits per heavy atom. The number of aliphatic hydroxyl groups is 1. The van der Waals surface area contributed by atoms with Gasteiger partial charge >= 0.3 is 0 Å². The smallest absolute Gasteiger partial charge is 0.0834 e. The van der Waals surface area contributed by atoms with Crippen molar-refractivity contribution < 1.29 is 5.11 Å². The summed E-state index contributed by atoms with van der Waals surface area (Å²) in [5, 5.41) is 14.9. The maximum Gasteiger partial charge on any atom is 0.0834 e. The maximum atomic E-state index is 11.5. The molecular weight excluding hydrogens is 334 g/mol. The zero-order chi connectivity index (χ0) is 18.7. The van der Waals surface area contributed by atoms with E-state index < -0.39 is 0 Å². The highest BCUT2D eigenvalue weighted by Crippen LogP contribution is 2.51. The van der Waals surface area contributed by atoms with Crippen molar-refractivity contribution in [2.24, 2.45) is 0 Å². The van der Waals surface area contributed by atoms with Crippen LogP contribution in [0.3, 0.4) is 0 Å². The van der Waals surface area contributed by atoms with Crippen molar-refractivity contribution in [3.05, 3.63) is 35.4 Å². The van der Waals surface area contributed by atoms with Crippen LogP contribution in [0, 0.1) is 0 Å². The molecule has 2 N–H and O–H groups in total. The fourth-order valence-corrected chi connectivity index (χ4v) is 5.80. The minimum Gasteiger partial charge on any atom is -0.390 e. The van der Waals surface area contributed by atoms with Crippen molar-refractivity contribution >= 4 is 0 Å². The molecule has 0 unspecified atom stereocenters. The minimum absolute atomic E-state index is 0.0500. The molecular formula is C23H37N3O. The van der Waals surface area contributed by atoms with E-state index in [0.29, 0.717) is 0 Å². The lowest BCUT2D eigenvalue weighted by molar-refractivity contribution is 0.00571. The molecule has 1 spiro atoms. The van der Waals surface area contributed by atoms with E-state index in [9.17, 15) is 5.11 Å². The van der Waals surface area contributed by atoms with Gasteiger partial charge in [-0.15, -0.1) is 0 Å². The lowest BCUT2D eigenvalue weighted by Crippen LogP contribution is -2.48. The molecule has 1 aromatic carbocycles. The number of aliphatic hydroxyl groups excluding tert-OH is 1. The molecule has 2 aliphatic heterocycles. The van der Waals surface area contributed by atoms with Gasteiger partial charge in [0.05, 0.1) is 12.1 Å². The highest BCUT2D eigenvalue weighted by atomic mass is 16.3. The standard InChI is InChI=1S/C23H37N3O/c1-25(15-8-18-26-16-6-2-3-7-17-26)21-19-9-4-5-10-20(19)23(22(21)27)11-13-24-14-12-23/h4-5,9-10,21-22,24,27H,2-3,6-8,11-18H2,1H3/t21-,22+/m0/s1. The van der Waals surface area contributed by atoms with Gasteiger partial charge in [0.25, 0.3) is 0 Å². The van der Waals surface area contributed by atoms with Crippen molar-refractivity contribution in [1.29, 1.82) is 0 Å². The minimum atomic E-state index is -0.291. The molecule has 3 aliphatic rings. The number of piperidine rings is 1. The van der Waals surface area contributed by atoms with Crippen LogP contribution in [0.2, 0.25) is 0 Å². The lowest BCUT2D eigenvalue weighted by atomic mass is 9.72. The Morgan fingerprint density at radius 2 is 1.81 bits per heavy atom. The molecule has 0 aromatic heterocycles. The molecule has 1 aromatic rings. The average Bonchev–Trinajstić information content (AvgIpc) is 2.87. The third kappa shape index (κ3) is 3.82. The average molecular weight is 372 g/mol. The largest absolute Gasteiger partial charge is 0.390 e. The molecule has 1 aliphatic carbocycles. The fourth-order valence-electron chi connectivity index (χ4n) is 5.80. The number of likely N-dealkylation sites (N-methyl/N-ethyl adjacent to an activating group) is 1. The SMILES string of the molecule is CN(CCCN1CCCCCC1)[C@H]1c2ccccc2C2(CCNCC2)[C@@H]1O. The first-order valence-corrected chi connectivity index (χ1v) is 11.1. The van der Waals surface area contributed by atoms with Crippen LogP contribution in [0.5, 0.6) is 0 Å². The Kier molecular flexibility index (Phi) is 6.18. The van der Waals surface area contributed by atoms with E-state index in [4.69, 9.17) is 0 Å². The molecule has 4 heteroatoms. The van der Waals surface area contributed by atoms with Crippen molar-refractivity contribution in [3.8, 4) is 0 Å². The molecule has 27 heavy (non-hydrogen) atoms. The normalized spacial score (nSPS) is 28.4. The third-order valence-corrected chi connectivity index (χ3v) is 7.34. The molecule has 4 nitrogen and oxygen atoms in total. The van der Waals surface area contributed by atoms with Crippen LogP contribution in [0.25, 0.3) is 0 Å². The van der Waals surface area contributed by atoms with Crippen molar-refractivity contribution in [1.82, 2.24) is 15.1 Å². The summed E-state index contributed by atoms with van der Waals surface area (Å²) in [6, 6.07) is 8.96. The first-order valence-electron chi connectivity index (χ1n) is 11.1. The fraction of sp³-hybridized carbons (Fsp3) is 0.739. The van der Waals surface area contributed by atoms with Gasteiger partial charge in [-0.1, -0.05) is 37.1 Å². The van der Waals surface area contributed by atoms with Crippen LogP contribution in [0.1, 0.15) is 62.1 Å². The summed E-state index contributed by atoms with van der Waals surface area (Å²) >= 11 is 0. The van der Waals surface area contributed by atoms with E-state index >= 15 is 0 Å². The topological polar surface area (TPSA) is 38.7 Å². The molecule has 2 fully saturated rings. The van der Waals surface area contributed by atoms with Crippen molar-refractivity contribution in [3.63, 3.8) is 0 Å². The third-order valence-electron chi connectivity index (χ3n) is 7.34. The Balaban J connectivity index is 1.43. The second-order valence-corrected chi connectivity index (χ2v) is 8.97. The molecule has 0 bridgehead atoms. The molecule has 150 valence electrons. The van der Waals surface area contributed by atoms with E-state index in [2.05, 4.69) is 46.4 Å². The van der Waals surface area contributed by atoms with Gasteiger partial charge in [-0.25, -0.2) is 0 Å².